The Balaban J connectivity index is 1.60. The molecule has 1 unspecified atom stereocenters. The largest absolute Gasteiger partial charge is 0.270 e. The minimum atomic E-state index is -3.47. The summed E-state index contributed by atoms with van der Waals surface area (Å²) in [7, 11) is -3.47. The van der Waals surface area contributed by atoms with E-state index in [0.717, 1.165) is 36.9 Å². The molecule has 32 heavy (non-hydrogen) atoms. The summed E-state index contributed by atoms with van der Waals surface area (Å²) < 4.78 is 29.4. The number of para-hydroxylation sites is 1. The lowest BCUT2D eigenvalue weighted by Crippen LogP contribution is -2.37. The van der Waals surface area contributed by atoms with Gasteiger partial charge in [-0.1, -0.05) is 107 Å². The van der Waals surface area contributed by atoms with Crippen LogP contribution < -0.4 is 4.31 Å². The average Bonchev–Trinajstić information content (AvgIpc) is 2.82. The zero-order chi connectivity index (χ0) is 22.7. The SMILES string of the molecule is CCCCCCCCCCCCN(c1ccccc1)S(=O)(=O)C1CCCc2ccccc21. The molecule has 1 aliphatic rings. The quantitative estimate of drug-likeness (QED) is 0.272. The van der Waals surface area contributed by atoms with Gasteiger partial charge in [-0.2, -0.15) is 0 Å². The van der Waals surface area contributed by atoms with Gasteiger partial charge in [-0.3, -0.25) is 4.31 Å². The van der Waals surface area contributed by atoms with Crippen LogP contribution in [0.5, 0.6) is 0 Å². The van der Waals surface area contributed by atoms with Crippen LogP contribution in [0.2, 0.25) is 0 Å². The fraction of sp³-hybridized carbons (Fsp3) is 0.571. The highest BCUT2D eigenvalue weighted by Crippen LogP contribution is 2.38. The zero-order valence-electron chi connectivity index (χ0n) is 19.8. The summed E-state index contributed by atoms with van der Waals surface area (Å²) in [6, 6.07) is 17.8. The number of unbranched alkanes of at least 4 members (excludes halogenated alkanes) is 9. The second kappa shape index (κ2) is 13.0. The number of anilines is 1. The van der Waals surface area contributed by atoms with Crippen LogP contribution >= 0.6 is 0 Å². The number of sulfonamides is 1. The highest BCUT2D eigenvalue weighted by molar-refractivity contribution is 7.93. The lowest BCUT2D eigenvalue weighted by Gasteiger charge is -2.32. The zero-order valence-corrected chi connectivity index (χ0v) is 20.7. The Hall–Kier alpha value is -1.81. The first-order valence-electron chi connectivity index (χ1n) is 12.8. The number of aryl methyl sites for hydroxylation is 1. The number of hydrogen-bond acceptors (Lipinski definition) is 2. The van der Waals surface area contributed by atoms with Gasteiger partial charge < -0.3 is 0 Å². The maximum Gasteiger partial charge on any atom is 0.242 e. The first kappa shape index (κ1) is 24.8. The monoisotopic (exact) mass is 455 g/mol. The van der Waals surface area contributed by atoms with E-state index in [2.05, 4.69) is 13.0 Å². The van der Waals surface area contributed by atoms with Crippen molar-refractivity contribution < 1.29 is 8.42 Å². The van der Waals surface area contributed by atoms with E-state index < -0.39 is 15.3 Å². The van der Waals surface area contributed by atoms with Gasteiger partial charge in [-0.25, -0.2) is 8.42 Å². The Bertz CT molecular complexity index is 895. The van der Waals surface area contributed by atoms with Crippen molar-refractivity contribution in [3.05, 3.63) is 65.7 Å². The fourth-order valence-electron chi connectivity index (χ4n) is 4.91. The minimum absolute atomic E-state index is 0.434. The smallest absolute Gasteiger partial charge is 0.242 e. The summed E-state index contributed by atoms with van der Waals surface area (Å²) in [5.74, 6) is 0. The molecular formula is C28H41NO2S. The van der Waals surface area contributed by atoms with Gasteiger partial charge in [0.2, 0.25) is 10.0 Å². The van der Waals surface area contributed by atoms with E-state index in [0.29, 0.717) is 13.0 Å². The third-order valence-corrected chi connectivity index (χ3v) is 8.96. The summed E-state index contributed by atoms with van der Waals surface area (Å²) in [4.78, 5) is 0. The molecule has 0 N–H and O–H groups in total. The molecule has 1 atom stereocenters. The number of benzene rings is 2. The summed E-state index contributed by atoms with van der Waals surface area (Å²) in [6.45, 7) is 2.83. The Morgan fingerprint density at radius 1 is 0.781 bits per heavy atom. The van der Waals surface area contributed by atoms with Crippen LogP contribution in [-0.2, 0) is 16.4 Å². The van der Waals surface area contributed by atoms with Crippen molar-refractivity contribution in [1.29, 1.82) is 0 Å². The lowest BCUT2D eigenvalue weighted by molar-refractivity contribution is 0.545. The van der Waals surface area contributed by atoms with Crippen molar-refractivity contribution in [2.45, 2.75) is 95.6 Å². The Kier molecular flexibility index (Phi) is 10.1. The minimum Gasteiger partial charge on any atom is -0.270 e. The normalized spacial score (nSPS) is 16.0. The van der Waals surface area contributed by atoms with Crippen molar-refractivity contribution in [1.82, 2.24) is 0 Å². The first-order valence-corrected chi connectivity index (χ1v) is 14.3. The second-order valence-corrected chi connectivity index (χ2v) is 11.3. The van der Waals surface area contributed by atoms with Gasteiger partial charge in [0, 0.05) is 6.54 Å². The lowest BCUT2D eigenvalue weighted by atomic mass is 9.91. The van der Waals surface area contributed by atoms with Crippen LogP contribution in [0.4, 0.5) is 5.69 Å². The predicted octanol–water partition coefficient (Wildman–Crippen LogP) is 7.82. The van der Waals surface area contributed by atoms with E-state index in [4.69, 9.17) is 0 Å². The van der Waals surface area contributed by atoms with Crippen LogP contribution in [0.3, 0.4) is 0 Å². The van der Waals surface area contributed by atoms with E-state index in [-0.39, 0.29) is 0 Å². The van der Waals surface area contributed by atoms with Crippen molar-refractivity contribution in [3.8, 4) is 0 Å². The first-order chi connectivity index (χ1) is 15.6. The highest BCUT2D eigenvalue weighted by Gasteiger charge is 2.36. The van der Waals surface area contributed by atoms with Crippen LogP contribution in [0.25, 0.3) is 0 Å². The maximum absolute atomic E-state index is 13.9. The molecular weight excluding hydrogens is 414 g/mol. The fourth-order valence-corrected chi connectivity index (χ4v) is 7.03. The van der Waals surface area contributed by atoms with Crippen molar-refractivity contribution in [2.24, 2.45) is 0 Å². The summed E-state index contributed by atoms with van der Waals surface area (Å²) in [5.41, 5.74) is 2.99. The number of hydrogen-bond donors (Lipinski definition) is 0. The molecule has 2 aromatic rings. The average molecular weight is 456 g/mol. The Labute approximate surface area is 196 Å². The number of rotatable bonds is 14. The van der Waals surface area contributed by atoms with E-state index in [1.807, 2.05) is 48.5 Å². The van der Waals surface area contributed by atoms with Crippen molar-refractivity contribution >= 4 is 15.7 Å². The van der Waals surface area contributed by atoms with Gasteiger partial charge in [0.25, 0.3) is 0 Å². The second-order valence-electron chi connectivity index (χ2n) is 9.21. The molecule has 2 aromatic carbocycles. The van der Waals surface area contributed by atoms with Crippen LogP contribution in [0.1, 0.15) is 100 Å². The van der Waals surface area contributed by atoms with Crippen molar-refractivity contribution in [2.75, 3.05) is 10.8 Å². The van der Waals surface area contributed by atoms with Gasteiger partial charge in [0.1, 0.15) is 5.25 Å². The van der Waals surface area contributed by atoms with E-state index in [1.165, 1.54) is 56.9 Å². The summed E-state index contributed by atoms with van der Waals surface area (Å²) in [5, 5.41) is -0.434. The molecule has 0 aliphatic heterocycles. The Morgan fingerprint density at radius 2 is 1.38 bits per heavy atom. The van der Waals surface area contributed by atoms with Crippen molar-refractivity contribution in [3.63, 3.8) is 0 Å². The molecule has 176 valence electrons. The van der Waals surface area contributed by atoms with Gasteiger partial charge >= 0.3 is 0 Å². The van der Waals surface area contributed by atoms with Gasteiger partial charge in [-0.15, -0.1) is 0 Å². The maximum atomic E-state index is 13.9. The molecule has 0 fully saturated rings. The molecule has 0 spiro atoms. The molecule has 0 heterocycles. The standard InChI is InChI=1S/C28H41NO2S/c1-2-3-4-5-6-7-8-9-10-16-24-29(26-20-12-11-13-21-26)32(30,31)28-23-17-19-25-18-14-15-22-27(25)28/h11-15,18,20-22,28H,2-10,16-17,19,23-24H2,1H3. The molecule has 0 bridgehead atoms. The van der Waals surface area contributed by atoms with Crippen LogP contribution in [0, 0.1) is 0 Å². The molecule has 1 aliphatic carbocycles. The van der Waals surface area contributed by atoms with Gasteiger partial charge in [0.05, 0.1) is 5.69 Å². The third-order valence-electron chi connectivity index (χ3n) is 6.74. The topological polar surface area (TPSA) is 37.4 Å². The molecule has 0 aromatic heterocycles. The molecule has 0 radical (unpaired) electrons. The molecule has 3 rings (SSSR count). The summed E-state index contributed by atoms with van der Waals surface area (Å²) in [6.07, 6.45) is 15.1. The Morgan fingerprint density at radius 3 is 2.06 bits per heavy atom. The van der Waals surface area contributed by atoms with Crippen LogP contribution in [-0.4, -0.2) is 15.0 Å². The number of nitrogens with zero attached hydrogens (tertiary/aromatic N) is 1. The van der Waals surface area contributed by atoms with E-state index in [1.54, 1.807) is 4.31 Å². The molecule has 0 saturated carbocycles. The highest BCUT2D eigenvalue weighted by atomic mass is 32.2. The molecule has 3 nitrogen and oxygen atoms in total. The third kappa shape index (κ3) is 6.84. The van der Waals surface area contributed by atoms with E-state index in [9.17, 15) is 8.42 Å². The van der Waals surface area contributed by atoms with E-state index >= 15 is 0 Å². The van der Waals surface area contributed by atoms with Gasteiger partial charge in [-0.05, 0) is 48.9 Å². The number of fused-ring (bicyclic) bond motifs is 1. The molecule has 0 amide bonds. The van der Waals surface area contributed by atoms with Crippen LogP contribution in [0.15, 0.2) is 54.6 Å². The molecule has 0 saturated heterocycles. The summed E-state index contributed by atoms with van der Waals surface area (Å²) >= 11 is 0. The van der Waals surface area contributed by atoms with Gasteiger partial charge in [0.15, 0.2) is 0 Å². The predicted molar refractivity (Wildman–Crippen MR) is 137 cm³/mol. The molecule has 4 heteroatoms.